The summed E-state index contributed by atoms with van der Waals surface area (Å²) in [6.07, 6.45) is 0. The van der Waals surface area contributed by atoms with Crippen LogP contribution in [0.25, 0.3) is 55.3 Å². The summed E-state index contributed by atoms with van der Waals surface area (Å²) >= 11 is 0. The number of fused-ring (bicyclic) bond motifs is 5. The second-order valence-electron chi connectivity index (χ2n) is 6.69. The molecule has 6 aromatic rings. The Labute approximate surface area is 154 Å². The van der Waals surface area contributed by atoms with Crippen LogP contribution >= 0.6 is 0 Å². The molecule has 0 aliphatic rings. The SMILES string of the molecule is c1ccc2nc3c(ccc4ccc(-c5nc6ccccc6[nH]5)nc43)cc2c1. The molecule has 0 bridgehead atoms. The first-order valence-electron chi connectivity index (χ1n) is 8.90. The van der Waals surface area contributed by atoms with E-state index < -0.39 is 0 Å². The van der Waals surface area contributed by atoms with Crippen molar-refractivity contribution >= 4 is 43.7 Å². The molecule has 6 rings (SSSR count). The maximum absolute atomic E-state index is 4.92. The number of nitrogens with one attached hydrogen (secondary N) is 1. The molecule has 0 fully saturated rings. The fraction of sp³-hybridized carbons (Fsp3) is 0. The molecule has 0 aliphatic carbocycles. The van der Waals surface area contributed by atoms with Gasteiger partial charge in [-0.25, -0.2) is 15.0 Å². The molecule has 0 saturated heterocycles. The summed E-state index contributed by atoms with van der Waals surface area (Å²) < 4.78 is 0. The van der Waals surface area contributed by atoms with Crippen molar-refractivity contribution in [2.24, 2.45) is 0 Å². The Morgan fingerprint density at radius 3 is 2.22 bits per heavy atom. The van der Waals surface area contributed by atoms with E-state index in [0.717, 1.165) is 55.3 Å². The van der Waals surface area contributed by atoms with Crippen LogP contribution in [-0.4, -0.2) is 19.9 Å². The first-order chi connectivity index (χ1) is 13.3. The van der Waals surface area contributed by atoms with Gasteiger partial charge in [-0.3, -0.25) is 0 Å². The van der Waals surface area contributed by atoms with E-state index in [-0.39, 0.29) is 0 Å². The largest absolute Gasteiger partial charge is 0.337 e. The van der Waals surface area contributed by atoms with Crippen molar-refractivity contribution in [2.75, 3.05) is 0 Å². The minimum Gasteiger partial charge on any atom is -0.337 e. The molecule has 3 aromatic carbocycles. The van der Waals surface area contributed by atoms with Gasteiger partial charge in [-0.2, -0.15) is 0 Å². The fourth-order valence-electron chi connectivity index (χ4n) is 3.63. The Kier molecular flexibility index (Phi) is 2.85. The van der Waals surface area contributed by atoms with Crippen molar-refractivity contribution in [2.45, 2.75) is 0 Å². The highest BCUT2D eigenvalue weighted by molar-refractivity contribution is 6.06. The summed E-state index contributed by atoms with van der Waals surface area (Å²) in [5.74, 6) is 0.774. The standard InChI is InChI=1S/C23H14N4/c1-2-6-17-15(5-1)13-16-10-9-14-11-12-20(25-21(14)22(16)24-17)23-26-18-7-3-4-8-19(18)27-23/h1-13H,(H,26,27). The third-order valence-electron chi connectivity index (χ3n) is 4.98. The summed E-state index contributed by atoms with van der Waals surface area (Å²) in [5.41, 5.74) is 5.57. The van der Waals surface area contributed by atoms with Gasteiger partial charge in [-0.15, -0.1) is 0 Å². The summed E-state index contributed by atoms with van der Waals surface area (Å²) in [6, 6.07) is 26.7. The van der Waals surface area contributed by atoms with Crippen molar-refractivity contribution in [3.8, 4) is 11.5 Å². The molecule has 0 radical (unpaired) electrons. The minimum atomic E-state index is 0.774. The lowest BCUT2D eigenvalue weighted by molar-refractivity contribution is 1.27. The number of hydrogen-bond acceptors (Lipinski definition) is 3. The van der Waals surface area contributed by atoms with Gasteiger partial charge in [0.2, 0.25) is 0 Å². The average Bonchev–Trinajstić information content (AvgIpc) is 3.16. The van der Waals surface area contributed by atoms with Crippen LogP contribution in [-0.2, 0) is 0 Å². The summed E-state index contributed by atoms with van der Waals surface area (Å²) in [4.78, 5) is 17.9. The van der Waals surface area contributed by atoms with Crippen molar-refractivity contribution in [3.63, 3.8) is 0 Å². The molecule has 0 unspecified atom stereocenters. The molecule has 0 saturated carbocycles. The topological polar surface area (TPSA) is 54.5 Å². The normalized spacial score (nSPS) is 11.7. The number of para-hydroxylation sites is 3. The highest BCUT2D eigenvalue weighted by Crippen LogP contribution is 2.28. The number of aromatic nitrogens is 4. The zero-order valence-electron chi connectivity index (χ0n) is 14.3. The van der Waals surface area contributed by atoms with Gasteiger partial charge < -0.3 is 4.98 Å². The fourth-order valence-corrected chi connectivity index (χ4v) is 3.63. The monoisotopic (exact) mass is 346 g/mol. The van der Waals surface area contributed by atoms with Gasteiger partial charge >= 0.3 is 0 Å². The number of pyridine rings is 2. The van der Waals surface area contributed by atoms with Crippen LogP contribution in [0.5, 0.6) is 0 Å². The Morgan fingerprint density at radius 2 is 1.30 bits per heavy atom. The van der Waals surface area contributed by atoms with Gasteiger partial charge in [0.05, 0.1) is 27.6 Å². The van der Waals surface area contributed by atoms with E-state index in [1.807, 2.05) is 48.5 Å². The van der Waals surface area contributed by atoms with Gasteiger partial charge in [0.25, 0.3) is 0 Å². The first-order valence-corrected chi connectivity index (χ1v) is 8.90. The molecule has 1 N–H and O–H groups in total. The van der Waals surface area contributed by atoms with Gasteiger partial charge in [-0.1, -0.05) is 48.5 Å². The maximum atomic E-state index is 4.92. The summed E-state index contributed by atoms with van der Waals surface area (Å²) in [7, 11) is 0. The number of rotatable bonds is 1. The van der Waals surface area contributed by atoms with Crippen LogP contribution in [0, 0.1) is 0 Å². The Hall–Kier alpha value is -3.79. The predicted octanol–water partition coefficient (Wildman–Crippen LogP) is 5.48. The zero-order valence-corrected chi connectivity index (χ0v) is 14.3. The lowest BCUT2D eigenvalue weighted by Crippen LogP contribution is -1.90. The average molecular weight is 346 g/mol. The van der Waals surface area contributed by atoms with Crippen molar-refractivity contribution < 1.29 is 0 Å². The van der Waals surface area contributed by atoms with Crippen LogP contribution in [0.15, 0.2) is 78.9 Å². The van der Waals surface area contributed by atoms with E-state index in [9.17, 15) is 0 Å². The van der Waals surface area contributed by atoms with E-state index in [4.69, 9.17) is 9.97 Å². The minimum absolute atomic E-state index is 0.774. The lowest BCUT2D eigenvalue weighted by atomic mass is 10.1. The Morgan fingerprint density at radius 1 is 0.556 bits per heavy atom. The molecular formula is C23H14N4. The number of hydrogen-bond donors (Lipinski definition) is 1. The van der Waals surface area contributed by atoms with Gasteiger partial charge in [0, 0.05) is 16.2 Å². The smallest absolute Gasteiger partial charge is 0.157 e. The highest BCUT2D eigenvalue weighted by Gasteiger charge is 2.10. The van der Waals surface area contributed by atoms with Crippen LogP contribution in [0.4, 0.5) is 0 Å². The molecule has 3 aromatic heterocycles. The number of imidazole rings is 1. The predicted molar refractivity (Wildman–Crippen MR) is 110 cm³/mol. The van der Waals surface area contributed by atoms with E-state index in [1.165, 1.54) is 0 Å². The molecule has 4 nitrogen and oxygen atoms in total. The van der Waals surface area contributed by atoms with E-state index in [2.05, 4.69) is 40.3 Å². The Bertz CT molecular complexity index is 1450. The van der Waals surface area contributed by atoms with Gasteiger partial charge in [0.1, 0.15) is 5.69 Å². The molecule has 0 amide bonds. The van der Waals surface area contributed by atoms with Crippen molar-refractivity contribution in [1.82, 2.24) is 19.9 Å². The molecular weight excluding hydrogens is 332 g/mol. The van der Waals surface area contributed by atoms with Crippen LogP contribution in [0.2, 0.25) is 0 Å². The summed E-state index contributed by atoms with van der Waals surface area (Å²) in [6.45, 7) is 0. The third-order valence-corrected chi connectivity index (χ3v) is 4.98. The number of benzene rings is 3. The quantitative estimate of drug-likeness (QED) is 0.317. The lowest BCUT2D eigenvalue weighted by Gasteiger charge is -2.06. The third kappa shape index (κ3) is 2.20. The molecule has 4 heteroatoms. The van der Waals surface area contributed by atoms with E-state index in [1.54, 1.807) is 0 Å². The van der Waals surface area contributed by atoms with Crippen molar-refractivity contribution in [1.29, 1.82) is 0 Å². The maximum Gasteiger partial charge on any atom is 0.157 e. The molecule has 0 spiro atoms. The zero-order chi connectivity index (χ0) is 17.8. The molecule has 0 atom stereocenters. The Balaban J connectivity index is 1.65. The second kappa shape index (κ2) is 5.35. The van der Waals surface area contributed by atoms with Crippen LogP contribution < -0.4 is 0 Å². The highest BCUT2D eigenvalue weighted by atomic mass is 14.9. The second-order valence-corrected chi connectivity index (χ2v) is 6.69. The van der Waals surface area contributed by atoms with Crippen molar-refractivity contribution in [3.05, 3.63) is 78.9 Å². The molecule has 3 heterocycles. The van der Waals surface area contributed by atoms with E-state index in [0.29, 0.717) is 0 Å². The van der Waals surface area contributed by atoms with Gasteiger partial charge in [0.15, 0.2) is 5.82 Å². The number of H-pyrrole nitrogens is 1. The molecule has 27 heavy (non-hydrogen) atoms. The van der Waals surface area contributed by atoms with Crippen LogP contribution in [0.1, 0.15) is 0 Å². The molecule has 126 valence electrons. The van der Waals surface area contributed by atoms with Gasteiger partial charge in [-0.05, 0) is 30.3 Å². The van der Waals surface area contributed by atoms with E-state index >= 15 is 0 Å². The van der Waals surface area contributed by atoms with Crippen LogP contribution in [0.3, 0.4) is 0 Å². The number of nitrogens with zero attached hydrogens (tertiary/aromatic N) is 3. The number of aromatic amines is 1. The summed E-state index contributed by atoms with van der Waals surface area (Å²) in [5, 5.41) is 3.30. The first kappa shape index (κ1) is 14.4. The molecule has 0 aliphatic heterocycles.